The lowest BCUT2D eigenvalue weighted by molar-refractivity contribution is -0.00341. The molecule has 0 spiro atoms. The maximum atomic E-state index is 13.5. The Morgan fingerprint density at radius 3 is 2.50 bits per heavy atom. The van der Waals surface area contributed by atoms with Gasteiger partial charge < -0.3 is 9.47 Å². The van der Waals surface area contributed by atoms with Crippen molar-refractivity contribution < 1.29 is 4.79 Å². The van der Waals surface area contributed by atoms with Gasteiger partial charge in [0.2, 0.25) is 0 Å². The van der Waals surface area contributed by atoms with Gasteiger partial charge in [-0.3, -0.25) is 14.5 Å². The standard InChI is InChI=1S/C23H27N3O2/c1-2-24-11-10-18(14-20(24)27)23(28)26-15-19(16-6-4-3-5-7-16)22-21(26)17-8-12-25(22)13-9-17/h3-7,10-11,14,17,19,21-22H,2,8-9,12-13,15H2,1H3/t19-,21+,22+/m1/s1. The van der Waals surface area contributed by atoms with Gasteiger partial charge in [-0.05, 0) is 50.4 Å². The van der Waals surface area contributed by atoms with Crippen LogP contribution in [-0.2, 0) is 6.54 Å². The fraction of sp³-hybridized carbons (Fsp3) is 0.478. The number of amides is 1. The Labute approximate surface area is 165 Å². The van der Waals surface area contributed by atoms with Crippen molar-refractivity contribution in [2.24, 2.45) is 5.92 Å². The molecule has 1 amide bonds. The first-order chi connectivity index (χ1) is 13.7. The lowest BCUT2D eigenvalue weighted by Crippen LogP contribution is -2.60. The van der Waals surface area contributed by atoms with Crippen molar-refractivity contribution in [2.45, 2.75) is 44.3 Å². The topological polar surface area (TPSA) is 45.6 Å². The SMILES string of the molecule is CCn1ccc(C(=O)N2C[C@H](c3ccccc3)[C@H]3[C@@H]2C2CCN3CC2)cc1=O. The minimum atomic E-state index is -0.0994. The van der Waals surface area contributed by atoms with Crippen LogP contribution in [0.3, 0.4) is 0 Å². The van der Waals surface area contributed by atoms with Crippen molar-refractivity contribution in [3.8, 4) is 0 Å². The van der Waals surface area contributed by atoms with Gasteiger partial charge >= 0.3 is 0 Å². The summed E-state index contributed by atoms with van der Waals surface area (Å²) in [5.74, 6) is 0.931. The van der Waals surface area contributed by atoms with Crippen molar-refractivity contribution in [3.05, 3.63) is 70.1 Å². The molecule has 4 aliphatic rings. The Morgan fingerprint density at radius 2 is 1.82 bits per heavy atom. The minimum absolute atomic E-state index is 0.0162. The first-order valence-electron chi connectivity index (χ1n) is 10.5. The molecule has 4 aliphatic heterocycles. The summed E-state index contributed by atoms with van der Waals surface area (Å²) in [4.78, 5) is 30.4. The molecule has 28 heavy (non-hydrogen) atoms. The summed E-state index contributed by atoms with van der Waals surface area (Å²) >= 11 is 0. The highest BCUT2D eigenvalue weighted by Crippen LogP contribution is 2.46. The molecule has 1 aromatic heterocycles. The molecular weight excluding hydrogens is 350 g/mol. The molecule has 5 heterocycles. The van der Waals surface area contributed by atoms with Crippen LogP contribution in [0.1, 0.15) is 41.6 Å². The molecule has 5 nitrogen and oxygen atoms in total. The predicted octanol–water partition coefficient (Wildman–Crippen LogP) is 2.57. The van der Waals surface area contributed by atoms with Crippen LogP contribution in [0.25, 0.3) is 0 Å². The number of pyridine rings is 1. The van der Waals surface area contributed by atoms with Gasteiger partial charge in [-0.1, -0.05) is 30.3 Å². The molecule has 1 aromatic carbocycles. The third-order valence-corrected chi connectivity index (χ3v) is 7.07. The Balaban J connectivity index is 1.51. The van der Waals surface area contributed by atoms with E-state index >= 15 is 0 Å². The number of aryl methyl sites for hydroxylation is 1. The summed E-state index contributed by atoms with van der Waals surface area (Å²) in [5, 5.41) is 0. The second kappa shape index (κ2) is 6.89. The number of fused-ring (bicyclic) bond motifs is 2. The van der Waals surface area contributed by atoms with Crippen LogP contribution in [0.2, 0.25) is 0 Å². The molecular formula is C23H27N3O2. The Kier molecular flexibility index (Phi) is 4.35. The minimum Gasteiger partial charge on any atom is -0.333 e. The average Bonchev–Trinajstić information content (AvgIpc) is 3.17. The van der Waals surface area contributed by atoms with E-state index in [1.807, 2.05) is 6.92 Å². The summed E-state index contributed by atoms with van der Waals surface area (Å²) in [7, 11) is 0. The Hall–Kier alpha value is -2.40. The van der Waals surface area contributed by atoms with Crippen molar-refractivity contribution in [2.75, 3.05) is 19.6 Å². The maximum Gasteiger partial charge on any atom is 0.254 e. The van der Waals surface area contributed by atoms with E-state index in [9.17, 15) is 9.59 Å². The van der Waals surface area contributed by atoms with E-state index in [4.69, 9.17) is 0 Å². The van der Waals surface area contributed by atoms with E-state index in [2.05, 4.69) is 40.1 Å². The van der Waals surface area contributed by atoms with E-state index < -0.39 is 0 Å². The van der Waals surface area contributed by atoms with E-state index in [1.165, 1.54) is 24.5 Å². The Bertz CT molecular complexity index is 930. The molecule has 0 N–H and O–H groups in total. The van der Waals surface area contributed by atoms with Gasteiger partial charge in [0.15, 0.2) is 0 Å². The maximum absolute atomic E-state index is 13.5. The zero-order valence-electron chi connectivity index (χ0n) is 16.3. The third-order valence-electron chi connectivity index (χ3n) is 7.07. The molecule has 2 bridgehead atoms. The van der Waals surface area contributed by atoms with Crippen LogP contribution >= 0.6 is 0 Å². The van der Waals surface area contributed by atoms with Crippen molar-refractivity contribution in [1.29, 1.82) is 0 Å². The van der Waals surface area contributed by atoms with Crippen LogP contribution in [0.5, 0.6) is 0 Å². The Morgan fingerprint density at radius 1 is 1.07 bits per heavy atom. The van der Waals surface area contributed by atoms with Gasteiger partial charge in [-0.25, -0.2) is 0 Å². The van der Waals surface area contributed by atoms with Gasteiger partial charge in [-0.2, -0.15) is 0 Å². The highest BCUT2D eigenvalue weighted by atomic mass is 16.2. The number of carbonyl (C=O) groups excluding carboxylic acids is 1. The molecule has 3 atom stereocenters. The van der Waals surface area contributed by atoms with E-state index in [-0.39, 0.29) is 17.5 Å². The quantitative estimate of drug-likeness (QED) is 0.826. The van der Waals surface area contributed by atoms with Gasteiger partial charge in [0.05, 0.1) is 6.04 Å². The predicted molar refractivity (Wildman–Crippen MR) is 108 cm³/mol. The van der Waals surface area contributed by atoms with Gasteiger partial charge in [0.25, 0.3) is 11.5 Å². The fourth-order valence-corrected chi connectivity index (χ4v) is 5.72. The smallest absolute Gasteiger partial charge is 0.254 e. The van der Waals surface area contributed by atoms with Crippen molar-refractivity contribution in [3.63, 3.8) is 0 Å². The first kappa shape index (κ1) is 17.7. The summed E-state index contributed by atoms with van der Waals surface area (Å²) in [6.45, 7) is 5.58. The lowest BCUT2D eigenvalue weighted by Gasteiger charge is -2.51. The molecule has 4 fully saturated rings. The molecule has 146 valence electrons. The number of hydrogen-bond acceptors (Lipinski definition) is 3. The zero-order valence-corrected chi connectivity index (χ0v) is 16.3. The second-order valence-corrected chi connectivity index (χ2v) is 8.37. The molecule has 0 saturated carbocycles. The molecule has 6 rings (SSSR count). The molecule has 0 unspecified atom stereocenters. The zero-order chi connectivity index (χ0) is 19.3. The van der Waals surface area contributed by atoms with Gasteiger partial charge in [0, 0.05) is 42.9 Å². The number of benzene rings is 1. The van der Waals surface area contributed by atoms with E-state index in [0.29, 0.717) is 30.0 Å². The molecule has 0 aliphatic carbocycles. The number of nitrogens with zero attached hydrogens (tertiary/aromatic N) is 3. The van der Waals surface area contributed by atoms with E-state index in [0.717, 1.165) is 19.6 Å². The number of aromatic nitrogens is 1. The molecule has 4 saturated heterocycles. The second-order valence-electron chi connectivity index (χ2n) is 8.37. The number of carbonyl (C=O) groups is 1. The summed E-state index contributed by atoms with van der Waals surface area (Å²) < 4.78 is 1.63. The third kappa shape index (κ3) is 2.72. The highest BCUT2D eigenvalue weighted by Gasteiger charge is 2.54. The van der Waals surface area contributed by atoms with Gasteiger partial charge in [0.1, 0.15) is 0 Å². The number of piperidine rings is 3. The number of hydrogen-bond donors (Lipinski definition) is 0. The van der Waals surface area contributed by atoms with E-state index in [1.54, 1.807) is 16.8 Å². The number of rotatable bonds is 3. The highest BCUT2D eigenvalue weighted by molar-refractivity contribution is 5.94. The van der Waals surface area contributed by atoms with Crippen LogP contribution in [-0.4, -0.2) is 52.0 Å². The monoisotopic (exact) mass is 377 g/mol. The number of likely N-dealkylation sites (tertiary alicyclic amines) is 1. The molecule has 5 heteroatoms. The normalized spacial score (nSPS) is 31.0. The molecule has 2 aromatic rings. The summed E-state index contributed by atoms with van der Waals surface area (Å²) in [6, 6.07) is 14.6. The van der Waals surface area contributed by atoms with Crippen LogP contribution < -0.4 is 5.56 Å². The largest absolute Gasteiger partial charge is 0.333 e. The first-order valence-corrected chi connectivity index (χ1v) is 10.5. The summed E-state index contributed by atoms with van der Waals surface area (Å²) in [6.07, 6.45) is 4.09. The van der Waals surface area contributed by atoms with Crippen molar-refractivity contribution >= 4 is 5.91 Å². The van der Waals surface area contributed by atoms with Gasteiger partial charge in [-0.15, -0.1) is 0 Å². The summed E-state index contributed by atoms with van der Waals surface area (Å²) in [5.41, 5.74) is 1.75. The van der Waals surface area contributed by atoms with Crippen LogP contribution in [0, 0.1) is 5.92 Å². The van der Waals surface area contributed by atoms with Crippen LogP contribution in [0.15, 0.2) is 53.5 Å². The fourth-order valence-electron chi connectivity index (χ4n) is 5.72. The average molecular weight is 377 g/mol. The van der Waals surface area contributed by atoms with Crippen molar-refractivity contribution in [1.82, 2.24) is 14.4 Å². The lowest BCUT2D eigenvalue weighted by atomic mass is 9.75. The van der Waals surface area contributed by atoms with Crippen LogP contribution in [0.4, 0.5) is 0 Å². The molecule has 0 radical (unpaired) electrons.